The molecule has 1 fully saturated rings. The molecule has 0 bridgehead atoms. The Labute approximate surface area is 195 Å². The van der Waals surface area contributed by atoms with Gasteiger partial charge in [-0.1, -0.05) is 30.3 Å². The van der Waals surface area contributed by atoms with Crippen molar-refractivity contribution in [2.75, 3.05) is 6.54 Å². The monoisotopic (exact) mass is 463 g/mol. The van der Waals surface area contributed by atoms with Crippen LogP contribution in [0.15, 0.2) is 36.4 Å². The van der Waals surface area contributed by atoms with Gasteiger partial charge in [0.2, 0.25) is 0 Å². The molecule has 6 nitrogen and oxygen atoms in total. The van der Waals surface area contributed by atoms with Gasteiger partial charge in [-0.15, -0.1) is 24.8 Å². The Balaban J connectivity index is 0.00000171. The average molecular weight is 464 g/mol. The van der Waals surface area contributed by atoms with E-state index in [2.05, 4.69) is 26.1 Å². The van der Waals surface area contributed by atoms with Crippen LogP contribution in [0.5, 0.6) is 0 Å². The van der Waals surface area contributed by atoms with Gasteiger partial charge in [0.05, 0.1) is 22.2 Å². The van der Waals surface area contributed by atoms with Gasteiger partial charge in [0.15, 0.2) is 5.65 Å². The van der Waals surface area contributed by atoms with E-state index in [1.165, 1.54) is 0 Å². The molecular weight excluding hydrogens is 433 g/mol. The van der Waals surface area contributed by atoms with Crippen LogP contribution in [0.4, 0.5) is 0 Å². The van der Waals surface area contributed by atoms with Crippen molar-refractivity contribution >= 4 is 41.8 Å². The minimum atomic E-state index is -0.251. The van der Waals surface area contributed by atoms with Gasteiger partial charge >= 0.3 is 0 Å². The number of pyridine rings is 1. The molecule has 1 aliphatic carbocycles. The number of aromatic nitrogens is 3. The fourth-order valence-corrected chi connectivity index (χ4v) is 3.66. The highest BCUT2D eigenvalue weighted by Crippen LogP contribution is 2.41. The first-order valence-corrected chi connectivity index (χ1v) is 10.2. The largest absolute Gasteiger partial charge is 0.350 e. The number of halogens is 2. The molecule has 3 N–H and O–H groups in total. The molecule has 1 atom stereocenters. The topological polar surface area (TPSA) is 85.8 Å². The molecule has 1 aliphatic rings. The molecule has 2 heterocycles. The molecule has 8 heteroatoms. The molecule has 1 saturated carbocycles. The van der Waals surface area contributed by atoms with E-state index in [9.17, 15) is 4.79 Å². The Bertz CT molecular complexity index is 1060. The maximum absolute atomic E-state index is 13.2. The fourth-order valence-electron chi connectivity index (χ4n) is 3.66. The lowest BCUT2D eigenvalue weighted by Gasteiger charge is -2.20. The van der Waals surface area contributed by atoms with Crippen LogP contribution in [-0.4, -0.2) is 27.2 Å². The molecule has 0 spiro atoms. The summed E-state index contributed by atoms with van der Waals surface area (Å²) in [5.74, 6) is 0.323. The predicted octanol–water partition coefficient (Wildman–Crippen LogP) is 4.65. The molecule has 31 heavy (non-hydrogen) atoms. The number of amides is 1. The number of nitrogens with two attached hydrogens (primary N) is 1. The Morgan fingerprint density at radius 3 is 2.45 bits per heavy atom. The Kier molecular flexibility index (Phi) is 7.74. The molecule has 0 radical (unpaired) electrons. The van der Waals surface area contributed by atoms with E-state index < -0.39 is 0 Å². The number of carbonyl (C=O) groups is 1. The van der Waals surface area contributed by atoms with E-state index in [0.717, 1.165) is 40.8 Å². The van der Waals surface area contributed by atoms with E-state index in [4.69, 9.17) is 15.8 Å². The van der Waals surface area contributed by atoms with E-state index in [-0.39, 0.29) is 42.3 Å². The first-order chi connectivity index (χ1) is 13.8. The number of hydrogen-bond acceptors (Lipinski definition) is 4. The van der Waals surface area contributed by atoms with Crippen LogP contribution >= 0.6 is 24.8 Å². The van der Waals surface area contributed by atoms with Crippen LogP contribution in [-0.2, 0) is 5.54 Å². The third kappa shape index (κ3) is 5.20. The Morgan fingerprint density at radius 1 is 1.23 bits per heavy atom. The van der Waals surface area contributed by atoms with Gasteiger partial charge in [0.25, 0.3) is 5.91 Å². The zero-order valence-corrected chi connectivity index (χ0v) is 20.0. The molecule has 1 unspecified atom stereocenters. The fraction of sp³-hybridized carbons (Fsp3) is 0.435. The number of benzene rings is 1. The summed E-state index contributed by atoms with van der Waals surface area (Å²) in [5, 5.41) is 8.57. The second-order valence-electron chi connectivity index (χ2n) is 8.96. The van der Waals surface area contributed by atoms with Gasteiger partial charge in [0.1, 0.15) is 0 Å². The molecule has 1 amide bonds. The summed E-state index contributed by atoms with van der Waals surface area (Å²) in [6.07, 6.45) is 2.25. The van der Waals surface area contributed by atoms with Crippen molar-refractivity contribution in [2.24, 2.45) is 5.73 Å². The SMILES string of the molecule is Cc1nn(C(C)(C)C)c2nc(C3CC3)cc(C(=O)NCC(N)c3ccccc3)c12.Cl.Cl. The molecule has 1 aromatic carbocycles. The van der Waals surface area contributed by atoms with Crippen molar-refractivity contribution < 1.29 is 4.79 Å². The normalized spacial score (nSPS) is 14.5. The van der Waals surface area contributed by atoms with Gasteiger partial charge < -0.3 is 11.1 Å². The van der Waals surface area contributed by atoms with E-state index >= 15 is 0 Å². The molecule has 0 saturated heterocycles. The van der Waals surface area contributed by atoms with E-state index in [1.54, 1.807) is 0 Å². The van der Waals surface area contributed by atoms with E-state index in [1.807, 2.05) is 48.0 Å². The lowest BCUT2D eigenvalue weighted by Crippen LogP contribution is -2.32. The summed E-state index contributed by atoms with van der Waals surface area (Å²) in [4.78, 5) is 18.1. The zero-order valence-electron chi connectivity index (χ0n) is 18.4. The second kappa shape index (κ2) is 9.55. The number of nitrogens with zero attached hydrogens (tertiary/aromatic N) is 3. The molecule has 4 rings (SSSR count). The minimum Gasteiger partial charge on any atom is -0.350 e. The molecule has 168 valence electrons. The van der Waals surface area contributed by atoms with Crippen LogP contribution in [0, 0.1) is 6.92 Å². The number of aryl methyl sites for hydroxylation is 1. The summed E-state index contributed by atoms with van der Waals surface area (Å²) in [7, 11) is 0. The lowest BCUT2D eigenvalue weighted by molar-refractivity contribution is 0.0952. The third-order valence-electron chi connectivity index (χ3n) is 5.42. The van der Waals surface area contributed by atoms with Crippen LogP contribution in [0.25, 0.3) is 11.0 Å². The van der Waals surface area contributed by atoms with Crippen molar-refractivity contribution in [1.29, 1.82) is 0 Å². The Hall–Kier alpha value is -2.15. The van der Waals surface area contributed by atoms with Gasteiger partial charge in [-0.25, -0.2) is 9.67 Å². The average Bonchev–Trinajstić information content (AvgIpc) is 3.49. The predicted molar refractivity (Wildman–Crippen MR) is 129 cm³/mol. The Morgan fingerprint density at radius 2 is 1.87 bits per heavy atom. The molecule has 2 aromatic heterocycles. The first kappa shape index (κ1) is 25.1. The highest BCUT2D eigenvalue weighted by atomic mass is 35.5. The van der Waals surface area contributed by atoms with Gasteiger partial charge in [-0.3, -0.25) is 4.79 Å². The highest BCUT2D eigenvalue weighted by Gasteiger charge is 2.30. The van der Waals surface area contributed by atoms with Crippen LogP contribution < -0.4 is 11.1 Å². The van der Waals surface area contributed by atoms with Gasteiger partial charge in [-0.2, -0.15) is 5.10 Å². The summed E-state index contributed by atoms with van der Waals surface area (Å²) >= 11 is 0. The summed E-state index contributed by atoms with van der Waals surface area (Å²) in [6.45, 7) is 8.61. The van der Waals surface area contributed by atoms with Crippen molar-refractivity contribution in [1.82, 2.24) is 20.1 Å². The van der Waals surface area contributed by atoms with Crippen molar-refractivity contribution in [3.63, 3.8) is 0 Å². The molecular formula is C23H31Cl2N5O. The summed E-state index contributed by atoms with van der Waals surface area (Å²) < 4.78 is 1.94. The zero-order chi connectivity index (χ0) is 20.8. The van der Waals surface area contributed by atoms with E-state index in [0.29, 0.717) is 18.0 Å². The number of rotatable bonds is 5. The first-order valence-electron chi connectivity index (χ1n) is 10.2. The number of carbonyl (C=O) groups excluding carboxylic acids is 1. The number of nitrogens with one attached hydrogen (secondary N) is 1. The van der Waals surface area contributed by atoms with Gasteiger partial charge in [0, 0.05) is 24.2 Å². The lowest BCUT2D eigenvalue weighted by atomic mass is 10.1. The summed E-state index contributed by atoms with van der Waals surface area (Å²) in [5.41, 5.74) is 10.3. The standard InChI is InChI=1S/C23H29N5O.2ClH/c1-14-20-17(22(29)25-13-18(24)15-8-6-5-7-9-15)12-19(16-10-11-16)26-21(20)28(27-14)23(2,3)4;;/h5-9,12,16,18H,10-11,13,24H2,1-4H3,(H,25,29);2*1H. The highest BCUT2D eigenvalue weighted by molar-refractivity contribution is 6.06. The molecule has 3 aromatic rings. The van der Waals surface area contributed by atoms with Gasteiger partial charge in [-0.05, 0) is 52.2 Å². The maximum atomic E-state index is 13.2. The third-order valence-corrected chi connectivity index (χ3v) is 5.42. The van der Waals surface area contributed by atoms with Crippen molar-refractivity contribution in [3.8, 4) is 0 Å². The minimum absolute atomic E-state index is 0. The van der Waals surface area contributed by atoms with Crippen LogP contribution in [0.3, 0.4) is 0 Å². The van der Waals surface area contributed by atoms with Crippen molar-refractivity contribution in [3.05, 3.63) is 58.9 Å². The smallest absolute Gasteiger partial charge is 0.252 e. The molecule has 0 aliphatic heterocycles. The van der Waals surface area contributed by atoms with Crippen LogP contribution in [0.2, 0.25) is 0 Å². The summed E-state index contributed by atoms with van der Waals surface area (Å²) in [6, 6.07) is 11.5. The van der Waals surface area contributed by atoms with Crippen LogP contribution in [0.1, 0.15) is 72.9 Å². The maximum Gasteiger partial charge on any atom is 0.252 e. The van der Waals surface area contributed by atoms with Crippen molar-refractivity contribution in [2.45, 2.75) is 58.0 Å². The second-order valence-corrected chi connectivity index (χ2v) is 8.96. The quantitative estimate of drug-likeness (QED) is 0.576. The number of fused-ring (bicyclic) bond motifs is 1. The number of hydrogen-bond donors (Lipinski definition) is 2.